The van der Waals surface area contributed by atoms with Crippen molar-refractivity contribution in [2.75, 3.05) is 0 Å². The van der Waals surface area contributed by atoms with E-state index >= 15 is 0 Å². The third kappa shape index (κ3) is 5.52. The third-order valence-corrected chi connectivity index (χ3v) is 9.14. The first-order valence-electron chi connectivity index (χ1n) is 13.9. The Hall–Kier alpha value is -2.48. The summed E-state index contributed by atoms with van der Waals surface area (Å²) in [6, 6.07) is 17.2. The number of carbonyl (C=O) groups is 2. The van der Waals surface area contributed by atoms with Gasteiger partial charge in [-0.25, -0.2) is 0 Å². The fourth-order valence-electron chi connectivity index (χ4n) is 6.37. The molecule has 0 atom stereocenters. The molecule has 0 bridgehead atoms. The van der Waals surface area contributed by atoms with Crippen LogP contribution in [0.15, 0.2) is 55.1 Å². The Bertz CT molecular complexity index is 1070. The van der Waals surface area contributed by atoms with Crippen LogP contribution in [-0.2, 0) is 16.0 Å². The van der Waals surface area contributed by atoms with E-state index in [1.165, 1.54) is 41.5 Å². The number of carbonyl (C=O) groups excluding carboxylic acids is 2. The minimum atomic E-state index is 0.00477. The largest absolute Gasteiger partial charge is 0.299 e. The van der Waals surface area contributed by atoms with Crippen molar-refractivity contribution >= 4 is 17.1 Å². The lowest BCUT2D eigenvalue weighted by molar-refractivity contribution is -0.128. The second-order valence-corrected chi connectivity index (χ2v) is 11.8. The second kappa shape index (κ2) is 10.2. The molecule has 3 saturated carbocycles. The number of allylic oxidation sites excluding steroid dienone is 1. The second-order valence-electron chi connectivity index (χ2n) is 11.8. The van der Waals surface area contributed by atoms with E-state index in [0.29, 0.717) is 23.9 Å². The fourth-order valence-corrected chi connectivity index (χ4v) is 6.37. The predicted molar refractivity (Wildman–Crippen MR) is 144 cm³/mol. The third-order valence-electron chi connectivity index (χ3n) is 9.14. The van der Waals surface area contributed by atoms with Crippen LogP contribution in [0.3, 0.4) is 0 Å². The maximum Gasteiger partial charge on any atom is 0.141 e. The van der Waals surface area contributed by atoms with Gasteiger partial charge in [-0.1, -0.05) is 81.3 Å². The predicted octanol–water partition coefficient (Wildman–Crippen LogP) is 8.23. The summed E-state index contributed by atoms with van der Waals surface area (Å²) in [4.78, 5) is 25.5. The lowest BCUT2D eigenvalue weighted by atomic mass is 9.73. The molecule has 35 heavy (non-hydrogen) atoms. The molecule has 0 radical (unpaired) electrons. The Balaban J connectivity index is 1.19. The Kier molecular flexibility index (Phi) is 7.09. The molecule has 0 saturated heterocycles. The highest BCUT2D eigenvalue weighted by atomic mass is 16.1. The van der Waals surface area contributed by atoms with Gasteiger partial charge < -0.3 is 0 Å². The smallest absolute Gasteiger partial charge is 0.141 e. The minimum absolute atomic E-state index is 0.00477. The molecule has 3 aliphatic carbocycles. The zero-order valence-electron chi connectivity index (χ0n) is 21.4. The van der Waals surface area contributed by atoms with Gasteiger partial charge in [0.1, 0.15) is 11.6 Å². The van der Waals surface area contributed by atoms with Crippen LogP contribution in [0.5, 0.6) is 0 Å². The first-order valence-corrected chi connectivity index (χ1v) is 13.9. The van der Waals surface area contributed by atoms with Gasteiger partial charge in [0.2, 0.25) is 0 Å². The van der Waals surface area contributed by atoms with Crippen molar-refractivity contribution in [2.45, 2.75) is 84.0 Å². The molecule has 2 aromatic carbocycles. The van der Waals surface area contributed by atoms with Crippen LogP contribution in [0, 0.1) is 23.2 Å². The van der Waals surface area contributed by atoms with E-state index in [4.69, 9.17) is 0 Å². The van der Waals surface area contributed by atoms with Gasteiger partial charge in [0, 0.05) is 23.7 Å². The fraction of sp³-hybridized carbons (Fsp3) is 0.515. The first-order chi connectivity index (χ1) is 16.9. The van der Waals surface area contributed by atoms with Crippen LogP contribution in [0.25, 0.3) is 16.7 Å². The molecule has 0 aromatic heterocycles. The van der Waals surface area contributed by atoms with E-state index < -0.39 is 0 Å². The van der Waals surface area contributed by atoms with E-state index in [1.807, 2.05) is 0 Å². The maximum absolute atomic E-state index is 12.8. The summed E-state index contributed by atoms with van der Waals surface area (Å²) in [5.74, 6) is 1.95. The van der Waals surface area contributed by atoms with Crippen molar-refractivity contribution in [3.8, 4) is 11.1 Å². The number of ketones is 2. The number of hydrogen-bond acceptors (Lipinski definition) is 2. The molecule has 0 N–H and O–H groups in total. The summed E-state index contributed by atoms with van der Waals surface area (Å²) in [6.45, 7) is 6.60. The van der Waals surface area contributed by atoms with Crippen LogP contribution in [0.2, 0.25) is 0 Å². The van der Waals surface area contributed by atoms with Crippen molar-refractivity contribution in [1.29, 1.82) is 0 Å². The summed E-state index contributed by atoms with van der Waals surface area (Å²) in [5, 5.41) is 0. The number of benzene rings is 2. The summed E-state index contributed by atoms with van der Waals surface area (Å²) in [5.41, 5.74) is 5.90. The molecule has 3 aliphatic rings. The van der Waals surface area contributed by atoms with Gasteiger partial charge in [-0.15, -0.1) is 0 Å². The zero-order chi connectivity index (χ0) is 24.4. The molecule has 0 aliphatic heterocycles. The Morgan fingerprint density at radius 3 is 2.11 bits per heavy atom. The molecule has 0 amide bonds. The molecule has 2 heteroatoms. The van der Waals surface area contributed by atoms with Gasteiger partial charge >= 0.3 is 0 Å². The molecule has 184 valence electrons. The monoisotopic (exact) mass is 468 g/mol. The highest BCUT2D eigenvalue weighted by molar-refractivity contribution is 5.89. The van der Waals surface area contributed by atoms with Gasteiger partial charge in [-0.05, 0) is 85.1 Å². The van der Waals surface area contributed by atoms with Crippen molar-refractivity contribution in [3.63, 3.8) is 0 Å². The van der Waals surface area contributed by atoms with E-state index in [-0.39, 0.29) is 17.3 Å². The van der Waals surface area contributed by atoms with Gasteiger partial charge in [0.15, 0.2) is 0 Å². The maximum atomic E-state index is 12.8. The molecule has 2 nitrogen and oxygen atoms in total. The molecule has 5 rings (SSSR count). The van der Waals surface area contributed by atoms with Crippen LogP contribution in [-0.4, -0.2) is 11.6 Å². The van der Waals surface area contributed by atoms with Crippen molar-refractivity contribution in [2.24, 2.45) is 23.2 Å². The van der Waals surface area contributed by atoms with Crippen molar-refractivity contribution in [1.82, 2.24) is 0 Å². The van der Waals surface area contributed by atoms with Crippen LogP contribution in [0.4, 0.5) is 0 Å². The normalized spacial score (nSPS) is 24.0. The lowest BCUT2D eigenvalue weighted by Gasteiger charge is -2.30. The summed E-state index contributed by atoms with van der Waals surface area (Å²) in [6.07, 6.45) is 12.7. The van der Waals surface area contributed by atoms with Gasteiger partial charge in [0.25, 0.3) is 0 Å². The van der Waals surface area contributed by atoms with E-state index in [2.05, 4.69) is 62.0 Å². The summed E-state index contributed by atoms with van der Waals surface area (Å²) >= 11 is 0. The van der Waals surface area contributed by atoms with Gasteiger partial charge in [-0.3, -0.25) is 9.59 Å². The number of Topliss-reactive ketones (excluding diaryl/α,β-unsaturated/α-hetero) is 2. The molecule has 2 aromatic rings. The average Bonchev–Trinajstić information content (AvgIpc) is 3.67. The lowest BCUT2D eigenvalue weighted by Crippen LogP contribution is -2.27. The van der Waals surface area contributed by atoms with E-state index in [1.54, 1.807) is 0 Å². The average molecular weight is 469 g/mol. The molecular weight excluding hydrogens is 428 g/mol. The molecule has 0 heterocycles. The zero-order valence-corrected chi connectivity index (χ0v) is 21.4. The van der Waals surface area contributed by atoms with Crippen molar-refractivity contribution < 1.29 is 9.59 Å². The Morgan fingerprint density at radius 1 is 0.800 bits per heavy atom. The van der Waals surface area contributed by atoms with Gasteiger partial charge in [0.05, 0.1) is 0 Å². The van der Waals surface area contributed by atoms with Crippen LogP contribution >= 0.6 is 0 Å². The van der Waals surface area contributed by atoms with Crippen molar-refractivity contribution in [3.05, 3.63) is 66.2 Å². The van der Waals surface area contributed by atoms with Gasteiger partial charge in [-0.2, -0.15) is 0 Å². The van der Waals surface area contributed by atoms with E-state index in [0.717, 1.165) is 56.9 Å². The molecule has 0 unspecified atom stereocenters. The molecule has 0 spiro atoms. The summed E-state index contributed by atoms with van der Waals surface area (Å²) in [7, 11) is 0. The minimum Gasteiger partial charge on any atom is -0.299 e. The number of hydrogen-bond donors (Lipinski definition) is 0. The van der Waals surface area contributed by atoms with Crippen LogP contribution < -0.4 is 0 Å². The SMILES string of the molecule is C=C(c1ccc(-c2cccc(CC(=O)C3CCCCC3)c2)cc1)C1CCC(C(=O)C2(C)CC2)CC1. The highest BCUT2D eigenvalue weighted by Gasteiger charge is 2.47. The molecular formula is C33H40O2. The summed E-state index contributed by atoms with van der Waals surface area (Å²) < 4.78 is 0. The number of rotatable bonds is 8. The topological polar surface area (TPSA) is 34.1 Å². The quantitative estimate of drug-likeness (QED) is 0.391. The highest BCUT2D eigenvalue weighted by Crippen LogP contribution is 2.50. The first kappa shape index (κ1) is 24.2. The van der Waals surface area contributed by atoms with Crippen LogP contribution in [0.1, 0.15) is 88.7 Å². The Labute approximate surface area is 211 Å². The Morgan fingerprint density at radius 2 is 1.46 bits per heavy atom. The van der Waals surface area contributed by atoms with E-state index in [9.17, 15) is 9.59 Å². The molecule has 3 fully saturated rings. The standard InChI is InChI=1S/C33H40O2/c1-23(26-13-17-29(18-14-26)32(35)33(2)19-20-33)25-11-15-27(16-12-25)30-10-6-7-24(21-30)22-31(34)28-8-4-3-5-9-28/h6-7,10-12,15-16,21,26,28-29H,1,3-5,8-9,13-14,17-20,22H2,2H3.